The summed E-state index contributed by atoms with van der Waals surface area (Å²) in [6, 6.07) is 9.33. The summed E-state index contributed by atoms with van der Waals surface area (Å²) in [5.41, 5.74) is 0.265. The van der Waals surface area contributed by atoms with E-state index < -0.39 is 23.9 Å². The van der Waals surface area contributed by atoms with Gasteiger partial charge in [0.15, 0.2) is 0 Å². The van der Waals surface area contributed by atoms with E-state index in [9.17, 15) is 15.0 Å². The second kappa shape index (κ2) is 6.03. The molecule has 1 aromatic heterocycles. The molecule has 2 N–H and O–H groups in total. The van der Waals surface area contributed by atoms with E-state index in [0.717, 1.165) is 0 Å². The molecular weight excluding hydrogens is 320 g/mol. The average molecular weight is 340 g/mol. The first-order valence-electron chi connectivity index (χ1n) is 8.06. The molecule has 0 amide bonds. The van der Waals surface area contributed by atoms with Crippen LogP contribution in [0.1, 0.15) is 49.6 Å². The second-order valence-corrected chi connectivity index (χ2v) is 6.84. The molecule has 2 heterocycles. The number of aromatic nitrogens is 1. The molecule has 0 saturated carbocycles. The maximum absolute atomic E-state index is 12.6. The molecule has 1 aromatic carbocycles. The standard InChI is InChI=1S/C19H20N2O4/c1-11(22)13-6-7-21(16(23)9-13)17-14-8-12(10-20)4-5-15(14)25-19(2,3)18(17)24/h4-9,11,17-18,22,24H,1-3H3. The fraction of sp³-hybridized carbons (Fsp3) is 0.368. The van der Waals surface area contributed by atoms with Gasteiger partial charge in [0.25, 0.3) is 5.56 Å². The molecule has 3 atom stereocenters. The summed E-state index contributed by atoms with van der Waals surface area (Å²) >= 11 is 0. The van der Waals surface area contributed by atoms with E-state index >= 15 is 0 Å². The van der Waals surface area contributed by atoms with Gasteiger partial charge in [-0.3, -0.25) is 4.79 Å². The minimum Gasteiger partial charge on any atom is -0.485 e. The van der Waals surface area contributed by atoms with Gasteiger partial charge in [0.2, 0.25) is 0 Å². The molecule has 3 unspecified atom stereocenters. The van der Waals surface area contributed by atoms with Crippen molar-refractivity contribution in [3.05, 3.63) is 63.6 Å². The topological polar surface area (TPSA) is 95.5 Å². The van der Waals surface area contributed by atoms with E-state index in [1.54, 1.807) is 51.2 Å². The van der Waals surface area contributed by atoms with Gasteiger partial charge in [-0.15, -0.1) is 0 Å². The van der Waals surface area contributed by atoms with E-state index in [0.29, 0.717) is 22.4 Å². The van der Waals surface area contributed by atoms with E-state index in [1.807, 2.05) is 0 Å². The molecule has 0 radical (unpaired) electrons. The van der Waals surface area contributed by atoms with Crippen LogP contribution in [-0.4, -0.2) is 26.5 Å². The number of fused-ring (bicyclic) bond motifs is 1. The smallest absolute Gasteiger partial charge is 0.251 e. The highest BCUT2D eigenvalue weighted by atomic mass is 16.5. The third-order valence-corrected chi connectivity index (χ3v) is 4.60. The Kier molecular flexibility index (Phi) is 4.15. The predicted molar refractivity (Wildman–Crippen MR) is 91.3 cm³/mol. The van der Waals surface area contributed by atoms with Gasteiger partial charge in [-0.2, -0.15) is 5.26 Å². The molecule has 2 aromatic rings. The average Bonchev–Trinajstić information content (AvgIpc) is 2.56. The molecular formula is C19H20N2O4. The van der Waals surface area contributed by atoms with Crippen LogP contribution in [0.4, 0.5) is 0 Å². The molecule has 1 aliphatic rings. The number of hydrogen-bond acceptors (Lipinski definition) is 5. The number of nitriles is 1. The Hall–Kier alpha value is -2.62. The maximum atomic E-state index is 12.6. The summed E-state index contributed by atoms with van der Waals surface area (Å²) in [5.74, 6) is 0.533. The van der Waals surface area contributed by atoms with Crippen molar-refractivity contribution < 1.29 is 14.9 Å². The van der Waals surface area contributed by atoms with Gasteiger partial charge >= 0.3 is 0 Å². The number of hydrogen-bond donors (Lipinski definition) is 2. The Morgan fingerprint density at radius 1 is 1.32 bits per heavy atom. The quantitative estimate of drug-likeness (QED) is 0.870. The van der Waals surface area contributed by atoms with Crippen molar-refractivity contribution in [3.63, 3.8) is 0 Å². The Balaban J connectivity index is 2.21. The van der Waals surface area contributed by atoms with Gasteiger partial charge in [-0.25, -0.2) is 0 Å². The minimum atomic E-state index is -0.996. The molecule has 0 fully saturated rings. The number of pyridine rings is 1. The molecule has 0 bridgehead atoms. The molecule has 6 heteroatoms. The van der Waals surface area contributed by atoms with Crippen LogP contribution in [-0.2, 0) is 0 Å². The third kappa shape index (κ3) is 2.93. The van der Waals surface area contributed by atoms with Crippen molar-refractivity contribution in [1.29, 1.82) is 5.26 Å². The van der Waals surface area contributed by atoms with E-state index in [-0.39, 0.29) is 5.56 Å². The van der Waals surface area contributed by atoms with Crippen molar-refractivity contribution in [2.24, 2.45) is 0 Å². The van der Waals surface area contributed by atoms with Crippen molar-refractivity contribution in [1.82, 2.24) is 4.57 Å². The van der Waals surface area contributed by atoms with Crippen molar-refractivity contribution >= 4 is 0 Å². The molecule has 1 aliphatic heterocycles. The van der Waals surface area contributed by atoms with Crippen LogP contribution < -0.4 is 10.3 Å². The number of ether oxygens (including phenoxy) is 1. The van der Waals surface area contributed by atoms with E-state index in [4.69, 9.17) is 10.00 Å². The van der Waals surface area contributed by atoms with Gasteiger partial charge in [0.05, 0.1) is 23.8 Å². The lowest BCUT2D eigenvalue weighted by atomic mass is 9.85. The van der Waals surface area contributed by atoms with Crippen LogP contribution in [0.3, 0.4) is 0 Å². The van der Waals surface area contributed by atoms with Crippen LogP contribution in [0.5, 0.6) is 5.75 Å². The SMILES string of the molecule is CC(O)c1ccn(C2c3cc(C#N)ccc3OC(C)(C)C2O)c(=O)c1. The van der Waals surface area contributed by atoms with E-state index in [2.05, 4.69) is 6.07 Å². The van der Waals surface area contributed by atoms with Gasteiger partial charge in [-0.1, -0.05) is 0 Å². The molecule has 3 rings (SSSR count). The lowest BCUT2D eigenvalue weighted by molar-refractivity contribution is -0.0643. The summed E-state index contributed by atoms with van der Waals surface area (Å²) in [5, 5.41) is 29.7. The van der Waals surface area contributed by atoms with Gasteiger partial charge in [0.1, 0.15) is 17.5 Å². The molecule has 130 valence electrons. The molecule has 0 saturated heterocycles. The largest absolute Gasteiger partial charge is 0.485 e. The van der Waals surface area contributed by atoms with Gasteiger partial charge < -0.3 is 19.5 Å². The minimum absolute atomic E-state index is 0.339. The highest BCUT2D eigenvalue weighted by Gasteiger charge is 2.44. The number of benzene rings is 1. The van der Waals surface area contributed by atoms with Crippen LogP contribution in [0.15, 0.2) is 41.3 Å². The number of aliphatic hydroxyl groups is 2. The normalized spacial score (nSPS) is 22.4. The lowest BCUT2D eigenvalue weighted by Crippen LogP contribution is -2.52. The van der Waals surface area contributed by atoms with E-state index in [1.165, 1.54) is 10.6 Å². The molecule has 25 heavy (non-hydrogen) atoms. The first-order valence-corrected chi connectivity index (χ1v) is 8.06. The monoisotopic (exact) mass is 340 g/mol. The van der Waals surface area contributed by atoms with Crippen LogP contribution in [0, 0.1) is 11.3 Å². The fourth-order valence-electron chi connectivity index (χ4n) is 3.13. The zero-order valence-corrected chi connectivity index (χ0v) is 14.3. The Labute approximate surface area is 145 Å². The number of nitrogens with zero attached hydrogens (tertiary/aromatic N) is 2. The summed E-state index contributed by atoms with van der Waals surface area (Å²) < 4.78 is 7.29. The Morgan fingerprint density at radius 2 is 2.04 bits per heavy atom. The molecule has 0 spiro atoms. The summed E-state index contributed by atoms with van der Waals surface area (Å²) in [4.78, 5) is 12.6. The zero-order valence-electron chi connectivity index (χ0n) is 14.3. The number of aliphatic hydroxyl groups excluding tert-OH is 2. The second-order valence-electron chi connectivity index (χ2n) is 6.84. The first-order chi connectivity index (χ1) is 11.7. The summed E-state index contributed by atoms with van der Waals surface area (Å²) in [6.07, 6.45) is -0.192. The molecule has 6 nitrogen and oxygen atoms in total. The van der Waals surface area contributed by atoms with Crippen LogP contribution in [0.2, 0.25) is 0 Å². The van der Waals surface area contributed by atoms with Crippen molar-refractivity contribution in [2.75, 3.05) is 0 Å². The van der Waals surface area contributed by atoms with Gasteiger partial charge in [0, 0.05) is 17.8 Å². The van der Waals surface area contributed by atoms with Crippen LogP contribution in [0.25, 0.3) is 0 Å². The maximum Gasteiger partial charge on any atom is 0.251 e. The van der Waals surface area contributed by atoms with Crippen LogP contribution >= 0.6 is 0 Å². The lowest BCUT2D eigenvalue weighted by Gasteiger charge is -2.42. The number of rotatable bonds is 2. The summed E-state index contributed by atoms with van der Waals surface area (Å²) in [6.45, 7) is 5.09. The Morgan fingerprint density at radius 3 is 2.64 bits per heavy atom. The third-order valence-electron chi connectivity index (χ3n) is 4.60. The van der Waals surface area contributed by atoms with Crippen molar-refractivity contribution in [3.8, 4) is 11.8 Å². The first kappa shape index (κ1) is 17.2. The highest BCUT2D eigenvalue weighted by molar-refractivity contribution is 5.46. The van der Waals surface area contributed by atoms with Crippen molar-refractivity contribution in [2.45, 2.75) is 44.6 Å². The zero-order chi connectivity index (χ0) is 18.4. The predicted octanol–water partition coefficient (Wildman–Crippen LogP) is 1.89. The summed E-state index contributed by atoms with van der Waals surface area (Å²) in [7, 11) is 0. The van der Waals surface area contributed by atoms with Gasteiger partial charge in [-0.05, 0) is 50.6 Å². The molecule has 0 aliphatic carbocycles. The fourth-order valence-corrected chi connectivity index (χ4v) is 3.13. The Bertz CT molecular complexity index is 908. The highest BCUT2D eigenvalue weighted by Crippen LogP contribution is 2.41.